The number of nitrogens with zero attached hydrogens (tertiary/aromatic N) is 2. The van der Waals surface area contributed by atoms with E-state index < -0.39 is 10.0 Å². The summed E-state index contributed by atoms with van der Waals surface area (Å²) in [7, 11) is -1.09. The van der Waals surface area contributed by atoms with Crippen LogP contribution in [0.3, 0.4) is 0 Å². The Labute approximate surface area is 169 Å². The van der Waals surface area contributed by atoms with Gasteiger partial charge in [-0.25, -0.2) is 8.42 Å². The van der Waals surface area contributed by atoms with Crippen LogP contribution in [0.4, 0.5) is 5.69 Å². The SMILES string of the molecule is CN(CCCNC(=O)c1ccc2c(c1)CCCN2S(C)(=O)=O)C1CCCCC1. The Balaban J connectivity index is 1.51. The molecular formula is C21H33N3O3S. The Morgan fingerprint density at radius 3 is 2.68 bits per heavy atom. The molecule has 1 aromatic carbocycles. The lowest BCUT2D eigenvalue weighted by atomic mass is 9.94. The molecule has 1 saturated carbocycles. The van der Waals surface area contributed by atoms with Crippen molar-refractivity contribution in [3.05, 3.63) is 29.3 Å². The number of hydrogen-bond acceptors (Lipinski definition) is 4. The normalized spacial score (nSPS) is 18.2. The lowest BCUT2D eigenvalue weighted by Gasteiger charge is -2.31. The van der Waals surface area contributed by atoms with Gasteiger partial charge < -0.3 is 10.2 Å². The van der Waals surface area contributed by atoms with Crippen LogP contribution in [0, 0.1) is 0 Å². The van der Waals surface area contributed by atoms with E-state index in [1.165, 1.54) is 42.7 Å². The number of fused-ring (bicyclic) bond motifs is 1. The summed E-state index contributed by atoms with van der Waals surface area (Å²) < 4.78 is 25.3. The van der Waals surface area contributed by atoms with Crippen molar-refractivity contribution in [3.63, 3.8) is 0 Å². The molecule has 0 saturated heterocycles. The van der Waals surface area contributed by atoms with Crippen molar-refractivity contribution >= 4 is 21.6 Å². The fourth-order valence-electron chi connectivity index (χ4n) is 4.39. The first-order valence-corrected chi connectivity index (χ1v) is 12.3. The van der Waals surface area contributed by atoms with Crippen LogP contribution in [0.15, 0.2) is 18.2 Å². The van der Waals surface area contributed by atoms with Gasteiger partial charge in [-0.2, -0.15) is 0 Å². The van der Waals surface area contributed by atoms with Crippen LogP contribution in [0.5, 0.6) is 0 Å². The number of benzene rings is 1. The van der Waals surface area contributed by atoms with E-state index in [-0.39, 0.29) is 5.91 Å². The number of carbonyl (C=O) groups excluding carboxylic acids is 1. The summed E-state index contributed by atoms with van der Waals surface area (Å²) in [4.78, 5) is 14.9. The molecule has 0 radical (unpaired) electrons. The number of anilines is 1. The summed E-state index contributed by atoms with van der Waals surface area (Å²) >= 11 is 0. The Morgan fingerprint density at radius 2 is 1.96 bits per heavy atom. The molecule has 1 aliphatic heterocycles. The van der Waals surface area contributed by atoms with Gasteiger partial charge in [0.1, 0.15) is 0 Å². The quantitative estimate of drug-likeness (QED) is 0.706. The van der Waals surface area contributed by atoms with Crippen molar-refractivity contribution in [2.24, 2.45) is 0 Å². The van der Waals surface area contributed by atoms with Gasteiger partial charge >= 0.3 is 0 Å². The van der Waals surface area contributed by atoms with E-state index in [9.17, 15) is 13.2 Å². The molecule has 156 valence electrons. The summed E-state index contributed by atoms with van der Waals surface area (Å²) in [5.74, 6) is -0.0837. The molecule has 0 atom stereocenters. The van der Waals surface area contributed by atoms with Gasteiger partial charge in [0, 0.05) is 24.7 Å². The third kappa shape index (κ3) is 5.26. The maximum Gasteiger partial charge on any atom is 0.251 e. The van der Waals surface area contributed by atoms with Crippen LogP contribution in [-0.2, 0) is 16.4 Å². The zero-order valence-corrected chi connectivity index (χ0v) is 17.9. The van der Waals surface area contributed by atoms with Crippen molar-refractivity contribution in [1.82, 2.24) is 10.2 Å². The van der Waals surface area contributed by atoms with Crippen LogP contribution in [0.25, 0.3) is 0 Å². The third-order valence-corrected chi connectivity index (χ3v) is 7.17. The fourth-order valence-corrected chi connectivity index (χ4v) is 5.38. The zero-order chi connectivity index (χ0) is 20.1. The fraction of sp³-hybridized carbons (Fsp3) is 0.667. The first kappa shape index (κ1) is 21.1. The third-order valence-electron chi connectivity index (χ3n) is 5.99. The summed E-state index contributed by atoms with van der Waals surface area (Å²) in [5, 5.41) is 3.01. The van der Waals surface area contributed by atoms with Gasteiger partial charge in [-0.3, -0.25) is 9.10 Å². The molecule has 1 N–H and O–H groups in total. The molecule has 7 heteroatoms. The highest BCUT2D eigenvalue weighted by molar-refractivity contribution is 7.92. The van der Waals surface area contributed by atoms with E-state index in [0.717, 1.165) is 31.4 Å². The molecule has 28 heavy (non-hydrogen) atoms. The average molecular weight is 408 g/mol. The number of amides is 1. The van der Waals surface area contributed by atoms with E-state index in [1.807, 2.05) is 6.07 Å². The minimum Gasteiger partial charge on any atom is -0.352 e. The molecule has 1 aliphatic carbocycles. The Hall–Kier alpha value is -1.60. The number of sulfonamides is 1. The molecular weight excluding hydrogens is 374 g/mol. The van der Waals surface area contributed by atoms with Crippen LogP contribution in [0.1, 0.15) is 60.9 Å². The molecule has 0 unspecified atom stereocenters. The number of rotatable bonds is 7. The topological polar surface area (TPSA) is 69.7 Å². The predicted octanol–water partition coefficient (Wildman–Crippen LogP) is 2.78. The molecule has 2 aliphatic rings. The summed E-state index contributed by atoms with van der Waals surface area (Å²) in [6.45, 7) is 2.16. The molecule has 1 amide bonds. The van der Waals surface area contributed by atoms with E-state index in [1.54, 1.807) is 12.1 Å². The lowest BCUT2D eigenvalue weighted by molar-refractivity contribution is 0.0950. The Kier molecular flexibility index (Phi) is 6.99. The van der Waals surface area contributed by atoms with Crippen LogP contribution >= 0.6 is 0 Å². The van der Waals surface area contributed by atoms with Gasteiger partial charge in [-0.1, -0.05) is 19.3 Å². The van der Waals surface area contributed by atoms with Crippen molar-refractivity contribution in [2.45, 2.75) is 57.4 Å². The van der Waals surface area contributed by atoms with Gasteiger partial charge in [0.15, 0.2) is 0 Å². The number of carbonyl (C=O) groups is 1. The second kappa shape index (κ2) is 9.27. The largest absolute Gasteiger partial charge is 0.352 e. The van der Waals surface area contributed by atoms with Gasteiger partial charge in [0.05, 0.1) is 11.9 Å². The van der Waals surface area contributed by atoms with Gasteiger partial charge in [0.25, 0.3) is 5.91 Å². The monoisotopic (exact) mass is 407 g/mol. The molecule has 0 bridgehead atoms. The molecule has 1 heterocycles. The standard InChI is InChI=1S/C21H33N3O3S/c1-23(19-9-4-3-5-10-19)14-7-13-22-21(25)18-11-12-20-17(16-18)8-6-15-24(20)28(2,26)27/h11-12,16,19H,3-10,13-15H2,1-2H3,(H,22,25). The van der Waals surface area contributed by atoms with Crippen molar-refractivity contribution < 1.29 is 13.2 Å². The van der Waals surface area contributed by atoms with E-state index in [4.69, 9.17) is 0 Å². The van der Waals surface area contributed by atoms with E-state index >= 15 is 0 Å². The summed E-state index contributed by atoms with van der Waals surface area (Å²) in [6, 6.07) is 6.03. The minimum absolute atomic E-state index is 0.0837. The number of aryl methyl sites for hydroxylation is 1. The predicted molar refractivity (Wildman–Crippen MR) is 113 cm³/mol. The smallest absolute Gasteiger partial charge is 0.251 e. The second-order valence-electron chi connectivity index (χ2n) is 8.16. The highest BCUT2D eigenvalue weighted by Crippen LogP contribution is 2.29. The highest BCUT2D eigenvalue weighted by atomic mass is 32.2. The lowest BCUT2D eigenvalue weighted by Crippen LogP contribution is -2.36. The molecule has 6 nitrogen and oxygen atoms in total. The van der Waals surface area contributed by atoms with Gasteiger partial charge in [0.2, 0.25) is 10.0 Å². The van der Waals surface area contributed by atoms with E-state index in [0.29, 0.717) is 30.4 Å². The molecule has 0 aromatic heterocycles. The summed E-state index contributed by atoms with van der Waals surface area (Å²) in [6.07, 6.45) is 10.4. The number of hydrogen-bond donors (Lipinski definition) is 1. The molecule has 1 aromatic rings. The Morgan fingerprint density at radius 1 is 1.21 bits per heavy atom. The van der Waals surface area contributed by atoms with Gasteiger partial charge in [-0.05, 0) is 69.5 Å². The molecule has 0 spiro atoms. The number of nitrogens with one attached hydrogen (secondary N) is 1. The van der Waals surface area contributed by atoms with Crippen molar-refractivity contribution in [1.29, 1.82) is 0 Å². The average Bonchev–Trinajstić information content (AvgIpc) is 2.70. The van der Waals surface area contributed by atoms with Crippen molar-refractivity contribution in [2.75, 3.05) is 37.2 Å². The zero-order valence-electron chi connectivity index (χ0n) is 17.1. The molecule has 3 rings (SSSR count). The maximum atomic E-state index is 12.5. The Bertz CT molecular complexity index is 788. The van der Waals surface area contributed by atoms with Crippen LogP contribution in [-0.4, -0.2) is 58.2 Å². The summed E-state index contributed by atoms with van der Waals surface area (Å²) in [5.41, 5.74) is 2.25. The molecule has 1 fully saturated rings. The van der Waals surface area contributed by atoms with E-state index in [2.05, 4.69) is 17.3 Å². The second-order valence-corrected chi connectivity index (χ2v) is 10.1. The van der Waals surface area contributed by atoms with Crippen molar-refractivity contribution in [3.8, 4) is 0 Å². The maximum absolute atomic E-state index is 12.5. The van der Waals surface area contributed by atoms with Crippen LogP contribution in [0.2, 0.25) is 0 Å². The highest BCUT2D eigenvalue weighted by Gasteiger charge is 2.24. The first-order chi connectivity index (χ1) is 13.4. The van der Waals surface area contributed by atoms with Gasteiger partial charge in [-0.15, -0.1) is 0 Å². The van der Waals surface area contributed by atoms with Crippen LogP contribution < -0.4 is 9.62 Å². The minimum atomic E-state index is -3.28. The first-order valence-electron chi connectivity index (χ1n) is 10.5.